The van der Waals surface area contributed by atoms with Crippen molar-refractivity contribution in [3.05, 3.63) is 5.38 Å². The average molecular weight is 322 g/mol. The summed E-state index contributed by atoms with van der Waals surface area (Å²) in [6, 6.07) is 0. The highest BCUT2D eigenvalue weighted by Crippen LogP contribution is 2.27. The van der Waals surface area contributed by atoms with Gasteiger partial charge in [0.05, 0.1) is 5.92 Å². The van der Waals surface area contributed by atoms with Gasteiger partial charge in [0, 0.05) is 38.0 Å². The molecule has 2 fully saturated rings. The average Bonchev–Trinajstić information content (AvgIpc) is 3.14. The summed E-state index contributed by atoms with van der Waals surface area (Å²) in [5.74, 6) is 0.320. The molecule has 2 saturated heterocycles. The van der Waals surface area contributed by atoms with E-state index in [4.69, 9.17) is 0 Å². The molecule has 0 spiro atoms. The number of carbonyl (C=O) groups is 2. The molecule has 0 radical (unpaired) electrons. The van der Waals surface area contributed by atoms with Gasteiger partial charge in [-0.1, -0.05) is 0 Å². The summed E-state index contributed by atoms with van der Waals surface area (Å²) < 4.78 is 0. The second-order valence-corrected chi connectivity index (χ2v) is 6.72. The summed E-state index contributed by atoms with van der Waals surface area (Å²) in [7, 11) is 0. The Hall–Kier alpha value is -1.63. The lowest BCUT2D eigenvalue weighted by atomic mass is 10.1. The minimum Gasteiger partial charge on any atom is -0.348 e. The Labute approximate surface area is 134 Å². The largest absolute Gasteiger partial charge is 0.348 e. The van der Waals surface area contributed by atoms with Crippen molar-refractivity contribution >= 4 is 34.1 Å². The van der Waals surface area contributed by atoms with Crippen molar-refractivity contribution in [2.24, 2.45) is 5.92 Å². The van der Waals surface area contributed by atoms with Gasteiger partial charge in [0.15, 0.2) is 5.13 Å². The van der Waals surface area contributed by atoms with Crippen LogP contribution in [0.3, 0.4) is 0 Å². The third-order valence-electron chi connectivity index (χ3n) is 4.34. The van der Waals surface area contributed by atoms with Crippen molar-refractivity contribution in [2.75, 3.05) is 36.4 Å². The minimum absolute atomic E-state index is 0.0648. The first-order chi connectivity index (χ1) is 10.7. The molecule has 7 heteroatoms. The molecule has 1 aromatic heterocycles. The van der Waals surface area contributed by atoms with Gasteiger partial charge in [0.2, 0.25) is 11.8 Å². The van der Waals surface area contributed by atoms with Crippen LogP contribution >= 0.6 is 11.3 Å². The van der Waals surface area contributed by atoms with Crippen molar-refractivity contribution in [1.82, 2.24) is 9.88 Å². The van der Waals surface area contributed by atoms with E-state index in [-0.39, 0.29) is 17.7 Å². The maximum absolute atomic E-state index is 12.3. The smallest absolute Gasteiger partial charge is 0.230 e. The lowest BCUT2D eigenvalue weighted by Crippen LogP contribution is -2.29. The maximum Gasteiger partial charge on any atom is 0.230 e. The third kappa shape index (κ3) is 3.24. The van der Waals surface area contributed by atoms with Crippen LogP contribution < -0.4 is 10.2 Å². The molecule has 0 saturated carbocycles. The Morgan fingerprint density at radius 3 is 2.86 bits per heavy atom. The van der Waals surface area contributed by atoms with Gasteiger partial charge in [-0.3, -0.25) is 9.59 Å². The maximum atomic E-state index is 12.3. The summed E-state index contributed by atoms with van der Waals surface area (Å²) >= 11 is 1.57. The van der Waals surface area contributed by atoms with Crippen LogP contribution in [0, 0.1) is 5.92 Å². The zero-order valence-corrected chi connectivity index (χ0v) is 13.7. The molecule has 22 heavy (non-hydrogen) atoms. The van der Waals surface area contributed by atoms with E-state index in [0.717, 1.165) is 18.2 Å². The number of nitrogens with one attached hydrogen (secondary N) is 1. The van der Waals surface area contributed by atoms with Gasteiger partial charge >= 0.3 is 0 Å². The Kier molecular flexibility index (Phi) is 4.61. The number of aromatic nitrogens is 1. The SMILES string of the molecule is CCN1C[C@H](C(=O)Nc2csc(N3CCCCC3)n2)CC1=O. The van der Waals surface area contributed by atoms with Crippen LogP contribution in [0.2, 0.25) is 0 Å². The number of rotatable bonds is 4. The molecule has 3 heterocycles. The van der Waals surface area contributed by atoms with E-state index in [1.54, 1.807) is 16.2 Å². The summed E-state index contributed by atoms with van der Waals surface area (Å²) in [5, 5.41) is 5.73. The van der Waals surface area contributed by atoms with Crippen molar-refractivity contribution in [3.8, 4) is 0 Å². The van der Waals surface area contributed by atoms with Gasteiger partial charge in [-0.05, 0) is 26.2 Å². The molecule has 3 rings (SSSR count). The summed E-state index contributed by atoms with van der Waals surface area (Å²) in [6.07, 6.45) is 4.01. The fraction of sp³-hybridized carbons (Fsp3) is 0.667. The molecule has 6 nitrogen and oxygen atoms in total. The number of carbonyl (C=O) groups excluding carboxylic acids is 2. The molecule has 1 atom stereocenters. The number of hydrogen-bond acceptors (Lipinski definition) is 5. The van der Waals surface area contributed by atoms with Gasteiger partial charge < -0.3 is 15.1 Å². The molecule has 2 aliphatic heterocycles. The minimum atomic E-state index is -0.257. The molecule has 0 aromatic carbocycles. The van der Waals surface area contributed by atoms with E-state index < -0.39 is 0 Å². The number of amides is 2. The van der Waals surface area contributed by atoms with Crippen molar-refractivity contribution in [1.29, 1.82) is 0 Å². The van der Waals surface area contributed by atoms with Crippen LogP contribution in [0.1, 0.15) is 32.6 Å². The Balaban J connectivity index is 1.58. The normalized spacial score (nSPS) is 22.2. The zero-order valence-electron chi connectivity index (χ0n) is 12.9. The number of thiazole rings is 1. The lowest BCUT2D eigenvalue weighted by Gasteiger charge is -2.25. The quantitative estimate of drug-likeness (QED) is 0.920. The van der Waals surface area contributed by atoms with E-state index in [9.17, 15) is 9.59 Å². The van der Waals surface area contributed by atoms with Gasteiger partial charge in [-0.15, -0.1) is 11.3 Å². The highest BCUT2D eigenvalue weighted by atomic mass is 32.1. The second kappa shape index (κ2) is 6.64. The summed E-state index contributed by atoms with van der Waals surface area (Å²) in [5.41, 5.74) is 0. The van der Waals surface area contributed by atoms with Gasteiger partial charge in [-0.2, -0.15) is 0 Å². The lowest BCUT2D eigenvalue weighted by molar-refractivity contribution is -0.128. The van der Waals surface area contributed by atoms with E-state index in [0.29, 0.717) is 25.3 Å². The standard InChI is InChI=1S/C15H22N4O2S/c1-2-18-9-11(8-13(18)20)14(21)16-12-10-22-15(17-12)19-6-4-3-5-7-19/h10-11H,2-9H2,1H3,(H,16,21)/t11-/m1/s1. The fourth-order valence-corrected chi connectivity index (χ4v) is 3.85. The molecule has 120 valence electrons. The zero-order chi connectivity index (χ0) is 15.5. The van der Waals surface area contributed by atoms with Crippen LogP contribution in [0.5, 0.6) is 0 Å². The van der Waals surface area contributed by atoms with E-state index in [2.05, 4.69) is 15.2 Å². The molecule has 0 bridgehead atoms. The first-order valence-corrected chi connectivity index (χ1v) is 8.84. The van der Waals surface area contributed by atoms with E-state index >= 15 is 0 Å². The highest BCUT2D eigenvalue weighted by molar-refractivity contribution is 7.14. The predicted molar refractivity (Wildman–Crippen MR) is 87.2 cm³/mol. The first-order valence-electron chi connectivity index (χ1n) is 7.96. The van der Waals surface area contributed by atoms with Crippen LogP contribution in [0.15, 0.2) is 5.38 Å². The number of anilines is 2. The molecule has 2 amide bonds. The number of hydrogen-bond donors (Lipinski definition) is 1. The number of nitrogens with zero attached hydrogens (tertiary/aromatic N) is 3. The predicted octanol–water partition coefficient (Wildman–Crippen LogP) is 1.94. The van der Waals surface area contributed by atoms with Crippen molar-refractivity contribution < 1.29 is 9.59 Å². The Morgan fingerprint density at radius 2 is 2.18 bits per heavy atom. The second-order valence-electron chi connectivity index (χ2n) is 5.89. The number of piperidine rings is 1. The molecule has 0 unspecified atom stereocenters. The van der Waals surface area contributed by atoms with E-state index in [1.807, 2.05) is 12.3 Å². The summed E-state index contributed by atoms with van der Waals surface area (Å²) in [4.78, 5) is 32.5. The van der Waals surface area contributed by atoms with Crippen LogP contribution in [0.25, 0.3) is 0 Å². The number of likely N-dealkylation sites (tertiary alicyclic amines) is 1. The van der Waals surface area contributed by atoms with Crippen LogP contribution in [0.4, 0.5) is 10.9 Å². The monoisotopic (exact) mass is 322 g/mol. The highest BCUT2D eigenvalue weighted by Gasteiger charge is 2.33. The molecule has 1 aromatic rings. The molecular weight excluding hydrogens is 300 g/mol. The van der Waals surface area contributed by atoms with Gasteiger partial charge in [0.25, 0.3) is 0 Å². The topological polar surface area (TPSA) is 65.5 Å². The Bertz CT molecular complexity index is 553. The van der Waals surface area contributed by atoms with Gasteiger partial charge in [-0.25, -0.2) is 4.98 Å². The van der Waals surface area contributed by atoms with E-state index in [1.165, 1.54) is 19.3 Å². The van der Waals surface area contributed by atoms with Crippen LogP contribution in [-0.2, 0) is 9.59 Å². The van der Waals surface area contributed by atoms with Crippen LogP contribution in [-0.4, -0.2) is 47.9 Å². The van der Waals surface area contributed by atoms with Gasteiger partial charge in [0.1, 0.15) is 5.82 Å². The molecule has 0 aliphatic carbocycles. The first kappa shape index (κ1) is 15.3. The molecule has 2 aliphatic rings. The van der Waals surface area contributed by atoms with Crippen molar-refractivity contribution in [2.45, 2.75) is 32.6 Å². The Morgan fingerprint density at radius 1 is 1.41 bits per heavy atom. The van der Waals surface area contributed by atoms with Crippen molar-refractivity contribution in [3.63, 3.8) is 0 Å². The molecule has 1 N–H and O–H groups in total. The fourth-order valence-electron chi connectivity index (χ4n) is 3.03. The summed E-state index contributed by atoms with van der Waals surface area (Å²) in [6.45, 7) is 5.21. The molecular formula is C15H22N4O2S. The third-order valence-corrected chi connectivity index (χ3v) is 5.24.